The third-order valence-electron chi connectivity index (χ3n) is 5.37. The van der Waals surface area contributed by atoms with Gasteiger partial charge in [-0.25, -0.2) is 4.98 Å². The second kappa shape index (κ2) is 10.1. The van der Waals surface area contributed by atoms with E-state index in [2.05, 4.69) is 15.0 Å². The van der Waals surface area contributed by atoms with E-state index >= 15 is 0 Å². The average molecular weight is 472 g/mol. The van der Waals surface area contributed by atoms with E-state index < -0.39 is 12.4 Å². The molecule has 1 aliphatic heterocycles. The van der Waals surface area contributed by atoms with Gasteiger partial charge in [-0.1, -0.05) is 37.3 Å². The zero-order chi connectivity index (χ0) is 23.5. The van der Waals surface area contributed by atoms with Gasteiger partial charge in [-0.3, -0.25) is 4.79 Å². The Morgan fingerprint density at radius 3 is 2.59 bits per heavy atom. The minimum Gasteiger partial charge on any atom is -0.406 e. The molecule has 10 heteroatoms. The van der Waals surface area contributed by atoms with E-state index in [1.807, 2.05) is 20.9 Å². The smallest absolute Gasteiger partial charge is 0.406 e. The van der Waals surface area contributed by atoms with Crippen molar-refractivity contribution in [2.24, 2.45) is 0 Å². The van der Waals surface area contributed by atoms with Crippen LogP contribution in [0.3, 0.4) is 0 Å². The largest absolute Gasteiger partial charge is 0.573 e. The third-order valence-corrected chi connectivity index (χ3v) is 6.54. The molecule has 1 amide bonds. The van der Waals surface area contributed by atoms with Crippen LogP contribution in [0.15, 0.2) is 24.3 Å². The molecule has 6 nitrogen and oxygen atoms in total. The zero-order valence-electron chi connectivity index (χ0n) is 18.5. The summed E-state index contributed by atoms with van der Waals surface area (Å²) in [6.45, 7) is 7.09. The molecule has 1 atom stereocenters. The molecule has 1 aromatic heterocycles. The van der Waals surface area contributed by atoms with Crippen molar-refractivity contribution in [2.45, 2.75) is 58.0 Å². The normalized spacial score (nSPS) is 16.1. The summed E-state index contributed by atoms with van der Waals surface area (Å²) in [7, 11) is 1.98. The number of halogens is 3. The van der Waals surface area contributed by atoms with Crippen molar-refractivity contribution >= 4 is 22.4 Å². The molecule has 1 N–H and O–H groups in total. The summed E-state index contributed by atoms with van der Waals surface area (Å²) in [5.41, 5.74) is 1.22. The molecular formula is C22H28F3N3O3S. The summed E-state index contributed by atoms with van der Waals surface area (Å²) < 4.78 is 47.0. The predicted octanol–water partition coefficient (Wildman–Crippen LogP) is 5.27. The standard InChI is InChI=1S/C22H28F3N3O3S/c1-13(2)18-19(32-21(27-18)28(4)16-8-10-30-11-9-16)20(29)26-14(3)15-6-5-7-17(12-15)31-22(23,24)25/h5-7,12-14,16H,8-11H2,1-4H3,(H,26,29). The Kier molecular flexibility index (Phi) is 7.66. The van der Waals surface area contributed by atoms with Crippen molar-refractivity contribution in [3.05, 3.63) is 40.4 Å². The number of alkyl halides is 3. The van der Waals surface area contributed by atoms with Gasteiger partial charge < -0.3 is 19.7 Å². The molecule has 0 bridgehead atoms. The molecule has 1 aliphatic rings. The molecule has 3 rings (SSSR count). The van der Waals surface area contributed by atoms with Gasteiger partial charge in [0, 0.05) is 26.3 Å². The average Bonchev–Trinajstić information content (AvgIpc) is 3.19. The highest BCUT2D eigenvalue weighted by molar-refractivity contribution is 7.17. The van der Waals surface area contributed by atoms with Crippen LogP contribution in [0, 0.1) is 0 Å². The predicted molar refractivity (Wildman–Crippen MR) is 117 cm³/mol. The van der Waals surface area contributed by atoms with Crippen LogP contribution in [0.4, 0.5) is 18.3 Å². The summed E-state index contributed by atoms with van der Waals surface area (Å²) in [6, 6.07) is 5.41. The highest BCUT2D eigenvalue weighted by Gasteiger charge is 2.31. The first kappa shape index (κ1) is 24.3. The summed E-state index contributed by atoms with van der Waals surface area (Å²) in [6.07, 6.45) is -2.96. The van der Waals surface area contributed by atoms with Gasteiger partial charge in [-0.05, 0) is 43.4 Å². The maximum Gasteiger partial charge on any atom is 0.573 e. The van der Waals surface area contributed by atoms with E-state index in [-0.39, 0.29) is 17.6 Å². The first-order valence-corrected chi connectivity index (χ1v) is 11.3. The molecule has 1 unspecified atom stereocenters. The second-order valence-electron chi connectivity index (χ2n) is 8.14. The molecule has 0 radical (unpaired) electrons. The van der Waals surface area contributed by atoms with Crippen molar-refractivity contribution in [3.8, 4) is 5.75 Å². The highest BCUT2D eigenvalue weighted by Crippen LogP contribution is 2.33. The summed E-state index contributed by atoms with van der Waals surface area (Å²) in [5.74, 6) is -0.577. The molecule has 2 aromatic rings. The van der Waals surface area contributed by atoms with E-state index in [4.69, 9.17) is 9.72 Å². The monoisotopic (exact) mass is 471 g/mol. The number of nitrogens with one attached hydrogen (secondary N) is 1. The zero-order valence-corrected chi connectivity index (χ0v) is 19.3. The Balaban J connectivity index is 1.76. The number of hydrogen-bond donors (Lipinski definition) is 1. The summed E-state index contributed by atoms with van der Waals surface area (Å²) in [5, 5.41) is 3.66. The fourth-order valence-corrected chi connectivity index (χ4v) is 4.74. The van der Waals surface area contributed by atoms with Crippen LogP contribution < -0.4 is 15.0 Å². The van der Waals surface area contributed by atoms with Crippen LogP contribution in [-0.4, -0.2) is 43.6 Å². The quantitative estimate of drug-likeness (QED) is 0.596. The van der Waals surface area contributed by atoms with Crippen LogP contribution in [0.25, 0.3) is 0 Å². The Morgan fingerprint density at radius 1 is 1.28 bits per heavy atom. The fraction of sp³-hybridized carbons (Fsp3) is 0.545. The Hall–Kier alpha value is -2.33. The Morgan fingerprint density at radius 2 is 1.97 bits per heavy atom. The molecule has 1 saturated heterocycles. The van der Waals surface area contributed by atoms with E-state index in [1.165, 1.54) is 29.5 Å². The van der Waals surface area contributed by atoms with Crippen LogP contribution in [0.2, 0.25) is 0 Å². The van der Waals surface area contributed by atoms with Gasteiger partial charge in [0.1, 0.15) is 10.6 Å². The molecule has 176 valence electrons. The maximum atomic E-state index is 13.1. The van der Waals surface area contributed by atoms with Crippen LogP contribution >= 0.6 is 11.3 Å². The lowest BCUT2D eigenvalue weighted by Crippen LogP contribution is -2.36. The molecule has 2 heterocycles. The van der Waals surface area contributed by atoms with E-state index in [0.29, 0.717) is 35.4 Å². The number of thiazole rings is 1. The number of rotatable bonds is 7. The number of anilines is 1. The lowest BCUT2D eigenvalue weighted by atomic mass is 10.1. The molecule has 0 aliphatic carbocycles. The van der Waals surface area contributed by atoms with Crippen molar-refractivity contribution in [1.82, 2.24) is 10.3 Å². The number of benzene rings is 1. The molecule has 0 saturated carbocycles. The van der Waals surface area contributed by atoms with E-state index in [9.17, 15) is 18.0 Å². The maximum absolute atomic E-state index is 13.1. The van der Waals surface area contributed by atoms with Crippen LogP contribution in [-0.2, 0) is 4.74 Å². The molecule has 32 heavy (non-hydrogen) atoms. The number of hydrogen-bond acceptors (Lipinski definition) is 6. The molecular weight excluding hydrogens is 443 g/mol. The van der Waals surface area contributed by atoms with Crippen molar-refractivity contribution < 1.29 is 27.4 Å². The van der Waals surface area contributed by atoms with Crippen LogP contribution in [0.1, 0.15) is 66.5 Å². The van der Waals surface area contributed by atoms with E-state index in [1.54, 1.807) is 13.0 Å². The number of nitrogens with zero attached hydrogens (tertiary/aromatic N) is 2. The third kappa shape index (κ3) is 6.13. The lowest BCUT2D eigenvalue weighted by molar-refractivity contribution is -0.274. The molecule has 1 fully saturated rings. The number of carbonyl (C=O) groups is 1. The fourth-order valence-electron chi connectivity index (χ4n) is 3.58. The SMILES string of the molecule is CC(C)c1nc(N(C)C2CCOCC2)sc1C(=O)NC(C)c1cccc(OC(F)(F)F)c1. The first-order chi connectivity index (χ1) is 15.0. The molecule has 0 spiro atoms. The van der Waals surface area contributed by atoms with Crippen molar-refractivity contribution in [2.75, 3.05) is 25.2 Å². The topological polar surface area (TPSA) is 63.7 Å². The van der Waals surface area contributed by atoms with Crippen molar-refractivity contribution in [3.63, 3.8) is 0 Å². The van der Waals surface area contributed by atoms with E-state index in [0.717, 1.165) is 18.0 Å². The van der Waals surface area contributed by atoms with Gasteiger partial charge >= 0.3 is 6.36 Å². The first-order valence-electron chi connectivity index (χ1n) is 10.5. The van der Waals surface area contributed by atoms with Crippen LogP contribution in [0.5, 0.6) is 5.75 Å². The summed E-state index contributed by atoms with van der Waals surface area (Å²) in [4.78, 5) is 20.5. The number of amides is 1. The molecule has 1 aromatic carbocycles. The Labute approximate surface area is 189 Å². The Bertz CT molecular complexity index is 927. The minimum atomic E-state index is -4.77. The van der Waals surface area contributed by atoms with Gasteiger partial charge in [0.25, 0.3) is 5.91 Å². The highest BCUT2D eigenvalue weighted by atomic mass is 32.1. The lowest BCUT2D eigenvalue weighted by Gasteiger charge is -2.30. The van der Waals surface area contributed by atoms with Crippen molar-refractivity contribution in [1.29, 1.82) is 0 Å². The summed E-state index contributed by atoms with van der Waals surface area (Å²) >= 11 is 1.33. The number of aromatic nitrogens is 1. The van der Waals surface area contributed by atoms with Gasteiger partial charge in [-0.2, -0.15) is 0 Å². The van der Waals surface area contributed by atoms with Gasteiger partial charge in [0.2, 0.25) is 0 Å². The van der Waals surface area contributed by atoms with Gasteiger partial charge in [-0.15, -0.1) is 13.2 Å². The van der Waals surface area contributed by atoms with Gasteiger partial charge in [0.05, 0.1) is 11.7 Å². The van der Waals surface area contributed by atoms with Gasteiger partial charge in [0.15, 0.2) is 5.13 Å². The minimum absolute atomic E-state index is 0.0441. The second-order valence-corrected chi connectivity index (χ2v) is 9.11. The number of ether oxygens (including phenoxy) is 2. The number of carbonyl (C=O) groups excluding carboxylic acids is 1.